The lowest BCUT2D eigenvalue weighted by Crippen LogP contribution is -2.49. The molecule has 1 aliphatic rings. The van der Waals surface area contributed by atoms with Crippen LogP contribution in [0.5, 0.6) is 0 Å². The molecule has 0 saturated carbocycles. The average Bonchev–Trinajstić information content (AvgIpc) is 1.85. The van der Waals surface area contributed by atoms with Gasteiger partial charge in [-0.1, -0.05) is 13.8 Å². The van der Waals surface area contributed by atoms with Crippen LogP contribution in [0.2, 0.25) is 0 Å². The molecule has 2 nitrogen and oxygen atoms in total. The summed E-state index contributed by atoms with van der Waals surface area (Å²) in [6, 6.07) is 0.769. The van der Waals surface area contributed by atoms with Gasteiger partial charge in [-0.2, -0.15) is 0 Å². The monoisotopic (exact) mass is 160 g/mol. The Morgan fingerprint density at radius 1 is 1.45 bits per heavy atom. The van der Waals surface area contributed by atoms with E-state index < -0.39 is 6.17 Å². The topological polar surface area (TPSA) is 24.1 Å². The van der Waals surface area contributed by atoms with Crippen molar-refractivity contribution in [2.45, 2.75) is 38.5 Å². The van der Waals surface area contributed by atoms with Crippen LogP contribution in [0.1, 0.15) is 20.3 Å². The summed E-state index contributed by atoms with van der Waals surface area (Å²) in [5.74, 6) is 0. The van der Waals surface area contributed by atoms with Crippen LogP contribution >= 0.6 is 0 Å². The molecule has 2 atom stereocenters. The van der Waals surface area contributed by atoms with E-state index in [0.717, 1.165) is 6.54 Å². The molecule has 0 spiro atoms. The summed E-state index contributed by atoms with van der Waals surface area (Å²) in [6.45, 7) is 5.60. The fourth-order valence-electron chi connectivity index (χ4n) is 1.49. The molecule has 66 valence electrons. The van der Waals surface area contributed by atoms with E-state index in [9.17, 15) is 4.39 Å². The molecule has 1 rings (SSSR count). The van der Waals surface area contributed by atoms with Crippen LogP contribution in [0.3, 0.4) is 0 Å². The van der Waals surface area contributed by atoms with Gasteiger partial charge in [0.2, 0.25) is 0 Å². The number of halogens is 1. The minimum absolute atomic E-state index is 0.318. The highest BCUT2D eigenvalue weighted by atomic mass is 19.1. The number of hydrogen-bond donors (Lipinski definition) is 2. The predicted molar refractivity (Wildman–Crippen MR) is 44.4 cm³/mol. The number of piperidine rings is 1. The van der Waals surface area contributed by atoms with Crippen molar-refractivity contribution in [2.24, 2.45) is 0 Å². The normalized spacial score (nSPS) is 32.7. The average molecular weight is 160 g/mol. The Labute approximate surface area is 67.6 Å². The third kappa shape index (κ3) is 3.16. The minimum Gasteiger partial charge on any atom is -0.312 e. The third-order valence-corrected chi connectivity index (χ3v) is 1.87. The SMILES string of the molecule is CC(C)NC1CNC[C@@H](F)C1. The summed E-state index contributed by atoms with van der Waals surface area (Å²) < 4.78 is 12.8. The second-order valence-electron chi connectivity index (χ2n) is 3.51. The number of hydrogen-bond acceptors (Lipinski definition) is 2. The summed E-state index contributed by atoms with van der Waals surface area (Å²) in [7, 11) is 0. The molecule has 0 aromatic rings. The smallest absolute Gasteiger partial charge is 0.114 e. The largest absolute Gasteiger partial charge is 0.312 e. The van der Waals surface area contributed by atoms with Crippen molar-refractivity contribution in [1.82, 2.24) is 10.6 Å². The molecule has 2 N–H and O–H groups in total. The molecular formula is C8H17FN2. The van der Waals surface area contributed by atoms with Gasteiger partial charge in [0.05, 0.1) is 0 Å². The molecular weight excluding hydrogens is 143 g/mol. The van der Waals surface area contributed by atoms with Crippen LogP contribution in [0.4, 0.5) is 4.39 Å². The number of rotatable bonds is 2. The molecule has 11 heavy (non-hydrogen) atoms. The molecule has 3 heteroatoms. The fraction of sp³-hybridized carbons (Fsp3) is 1.00. The Hall–Kier alpha value is -0.150. The van der Waals surface area contributed by atoms with Crippen LogP contribution in [-0.2, 0) is 0 Å². The molecule has 0 amide bonds. The summed E-state index contributed by atoms with van der Waals surface area (Å²) in [5.41, 5.74) is 0. The second-order valence-corrected chi connectivity index (χ2v) is 3.51. The van der Waals surface area contributed by atoms with Gasteiger partial charge in [-0.3, -0.25) is 0 Å². The summed E-state index contributed by atoms with van der Waals surface area (Å²) in [6.07, 6.45) is -0.00875. The van der Waals surface area contributed by atoms with E-state index in [1.54, 1.807) is 0 Å². The molecule has 1 unspecified atom stereocenters. The van der Waals surface area contributed by atoms with Crippen molar-refractivity contribution in [3.8, 4) is 0 Å². The van der Waals surface area contributed by atoms with Crippen LogP contribution in [-0.4, -0.2) is 31.3 Å². The highest BCUT2D eigenvalue weighted by molar-refractivity contribution is 4.81. The van der Waals surface area contributed by atoms with Gasteiger partial charge >= 0.3 is 0 Å². The zero-order valence-corrected chi connectivity index (χ0v) is 7.23. The van der Waals surface area contributed by atoms with E-state index in [0.29, 0.717) is 25.0 Å². The maximum absolute atomic E-state index is 12.8. The summed E-state index contributed by atoms with van der Waals surface area (Å²) in [5, 5.41) is 6.36. The van der Waals surface area contributed by atoms with E-state index in [4.69, 9.17) is 0 Å². The molecule has 1 aliphatic heterocycles. The van der Waals surface area contributed by atoms with E-state index in [1.807, 2.05) is 0 Å². The quantitative estimate of drug-likeness (QED) is 0.621. The molecule has 0 aliphatic carbocycles. The minimum atomic E-state index is -0.667. The zero-order chi connectivity index (χ0) is 8.27. The summed E-state index contributed by atoms with van der Waals surface area (Å²) >= 11 is 0. The second kappa shape index (κ2) is 4.02. The molecule has 1 saturated heterocycles. The first kappa shape index (κ1) is 8.94. The summed E-state index contributed by atoms with van der Waals surface area (Å²) in [4.78, 5) is 0. The molecule has 0 aromatic carbocycles. The van der Waals surface area contributed by atoms with Crippen LogP contribution in [0, 0.1) is 0 Å². The molecule has 0 aromatic heterocycles. The van der Waals surface area contributed by atoms with Crippen molar-refractivity contribution in [3.05, 3.63) is 0 Å². The predicted octanol–water partition coefficient (Wildman–Crippen LogP) is 0.684. The van der Waals surface area contributed by atoms with Crippen molar-refractivity contribution in [1.29, 1.82) is 0 Å². The van der Waals surface area contributed by atoms with Crippen molar-refractivity contribution >= 4 is 0 Å². The molecule has 0 radical (unpaired) electrons. The number of alkyl halides is 1. The van der Waals surface area contributed by atoms with Gasteiger partial charge < -0.3 is 10.6 Å². The van der Waals surface area contributed by atoms with Crippen LogP contribution in [0.25, 0.3) is 0 Å². The molecule has 1 fully saturated rings. The lowest BCUT2D eigenvalue weighted by Gasteiger charge is -2.28. The van der Waals surface area contributed by atoms with Gasteiger partial charge in [-0.05, 0) is 6.42 Å². The zero-order valence-electron chi connectivity index (χ0n) is 7.23. The maximum Gasteiger partial charge on any atom is 0.114 e. The first-order valence-corrected chi connectivity index (χ1v) is 4.29. The van der Waals surface area contributed by atoms with Crippen molar-refractivity contribution in [3.63, 3.8) is 0 Å². The Kier molecular flexibility index (Phi) is 3.27. The van der Waals surface area contributed by atoms with E-state index in [1.165, 1.54) is 0 Å². The lowest BCUT2D eigenvalue weighted by molar-refractivity contribution is 0.223. The van der Waals surface area contributed by atoms with E-state index in [2.05, 4.69) is 24.5 Å². The maximum atomic E-state index is 12.8. The van der Waals surface area contributed by atoms with Gasteiger partial charge in [0, 0.05) is 25.2 Å². The number of nitrogens with one attached hydrogen (secondary N) is 2. The highest BCUT2D eigenvalue weighted by Gasteiger charge is 2.20. The Morgan fingerprint density at radius 3 is 2.73 bits per heavy atom. The van der Waals surface area contributed by atoms with Gasteiger partial charge in [0.25, 0.3) is 0 Å². The van der Waals surface area contributed by atoms with E-state index in [-0.39, 0.29) is 0 Å². The standard InChI is InChI=1S/C8H17FN2/c1-6(2)11-8-3-7(9)4-10-5-8/h6-8,10-11H,3-5H2,1-2H3/t7-,8?/m0/s1. The van der Waals surface area contributed by atoms with Gasteiger partial charge in [-0.15, -0.1) is 0 Å². The highest BCUT2D eigenvalue weighted by Crippen LogP contribution is 2.06. The lowest BCUT2D eigenvalue weighted by atomic mass is 10.1. The molecule has 0 bridgehead atoms. The van der Waals surface area contributed by atoms with Crippen LogP contribution in [0.15, 0.2) is 0 Å². The fourth-order valence-corrected chi connectivity index (χ4v) is 1.49. The molecule has 1 heterocycles. The first-order chi connectivity index (χ1) is 5.18. The van der Waals surface area contributed by atoms with E-state index >= 15 is 0 Å². The van der Waals surface area contributed by atoms with Gasteiger partial charge in [0.15, 0.2) is 0 Å². The Morgan fingerprint density at radius 2 is 2.18 bits per heavy atom. The third-order valence-electron chi connectivity index (χ3n) is 1.87. The van der Waals surface area contributed by atoms with Gasteiger partial charge in [-0.25, -0.2) is 4.39 Å². The Balaban J connectivity index is 2.23. The Bertz CT molecular complexity index is 115. The van der Waals surface area contributed by atoms with Crippen molar-refractivity contribution < 1.29 is 4.39 Å². The van der Waals surface area contributed by atoms with Crippen LogP contribution < -0.4 is 10.6 Å². The first-order valence-electron chi connectivity index (χ1n) is 4.29. The van der Waals surface area contributed by atoms with Crippen molar-refractivity contribution in [2.75, 3.05) is 13.1 Å². The van der Waals surface area contributed by atoms with Gasteiger partial charge in [0.1, 0.15) is 6.17 Å².